The van der Waals surface area contributed by atoms with Crippen LogP contribution in [-0.2, 0) is 8.85 Å². The minimum atomic E-state index is -1.69. The summed E-state index contributed by atoms with van der Waals surface area (Å²) >= 11 is 0. The zero-order valence-corrected chi connectivity index (χ0v) is 24.4. The molecular formula is C27H50O3Si2. The molecule has 32 heavy (non-hydrogen) atoms. The van der Waals surface area contributed by atoms with Crippen LogP contribution in [0.25, 0.3) is 0 Å². The lowest BCUT2D eigenvalue weighted by Crippen LogP contribution is -2.59. The van der Waals surface area contributed by atoms with E-state index in [1.54, 1.807) is 5.57 Å². The van der Waals surface area contributed by atoms with Crippen molar-refractivity contribution in [2.24, 2.45) is 28.6 Å². The number of hydrogen-bond donors (Lipinski definition) is 1. The average Bonchev–Trinajstić information content (AvgIpc) is 2.92. The predicted octanol–water partition coefficient (Wildman–Crippen LogP) is 7.14. The van der Waals surface area contributed by atoms with Crippen molar-refractivity contribution in [1.29, 1.82) is 0 Å². The van der Waals surface area contributed by atoms with Gasteiger partial charge in [0.15, 0.2) is 16.6 Å². The lowest BCUT2D eigenvalue weighted by Gasteiger charge is -2.60. The van der Waals surface area contributed by atoms with E-state index in [1.165, 1.54) is 38.5 Å². The van der Waals surface area contributed by atoms with Gasteiger partial charge in [0.1, 0.15) is 0 Å². The van der Waals surface area contributed by atoms with E-state index in [0.29, 0.717) is 17.4 Å². The highest BCUT2D eigenvalue weighted by Crippen LogP contribution is 2.68. The molecule has 0 aromatic carbocycles. The van der Waals surface area contributed by atoms with E-state index in [-0.39, 0.29) is 11.5 Å². The molecule has 3 fully saturated rings. The average molecular weight is 479 g/mol. The van der Waals surface area contributed by atoms with Gasteiger partial charge < -0.3 is 14.0 Å². The van der Waals surface area contributed by atoms with Crippen molar-refractivity contribution >= 4 is 16.6 Å². The summed E-state index contributed by atoms with van der Waals surface area (Å²) in [5.41, 5.74) is 1.34. The summed E-state index contributed by atoms with van der Waals surface area (Å²) in [7, 11) is -3.21. The Balaban J connectivity index is 1.56. The standard InChI is InChI=1S/C27H50O3Si2/c1-19(29-31(4,5)6)27(28)17-14-24-22-11-10-20-18-21(30-32(7,8)9)12-15-25(20,2)23(22)13-16-26(24,27)3/h18-19,21-24,28H,10-17H2,1-9H3/t19-,21-,22+,23-,24-,25-,26-,27-/m0/s1. The van der Waals surface area contributed by atoms with E-state index in [9.17, 15) is 5.11 Å². The van der Waals surface area contributed by atoms with Crippen LogP contribution < -0.4 is 0 Å². The highest BCUT2D eigenvalue weighted by atomic mass is 28.4. The van der Waals surface area contributed by atoms with Crippen molar-refractivity contribution in [3.8, 4) is 0 Å². The first kappa shape index (κ1) is 25.2. The largest absolute Gasteiger partial charge is 0.412 e. The molecule has 4 aliphatic rings. The second-order valence-corrected chi connectivity index (χ2v) is 23.0. The first-order valence-electron chi connectivity index (χ1n) is 13.4. The number of hydrogen-bond acceptors (Lipinski definition) is 3. The molecule has 0 unspecified atom stereocenters. The quantitative estimate of drug-likeness (QED) is 0.337. The fraction of sp³-hybridized carbons (Fsp3) is 0.926. The summed E-state index contributed by atoms with van der Waals surface area (Å²) in [6.45, 7) is 20.8. The molecular weight excluding hydrogens is 428 g/mol. The Morgan fingerprint density at radius 1 is 0.906 bits per heavy atom. The summed E-state index contributed by atoms with van der Waals surface area (Å²) < 4.78 is 13.0. The first-order chi connectivity index (χ1) is 14.6. The van der Waals surface area contributed by atoms with Gasteiger partial charge in [-0.3, -0.25) is 0 Å². The Kier molecular flexibility index (Phi) is 6.32. The van der Waals surface area contributed by atoms with Crippen LogP contribution >= 0.6 is 0 Å². The molecule has 0 amide bonds. The molecule has 1 N–H and O–H groups in total. The highest BCUT2D eigenvalue weighted by Gasteiger charge is 2.65. The van der Waals surface area contributed by atoms with Crippen molar-refractivity contribution in [3.63, 3.8) is 0 Å². The Morgan fingerprint density at radius 3 is 2.19 bits per heavy atom. The minimum absolute atomic E-state index is 0.0110. The fourth-order valence-electron chi connectivity index (χ4n) is 8.59. The van der Waals surface area contributed by atoms with Gasteiger partial charge >= 0.3 is 0 Å². The molecule has 4 rings (SSSR count). The number of allylic oxidation sites excluding steroid dienone is 1. The predicted molar refractivity (Wildman–Crippen MR) is 139 cm³/mol. The zero-order chi connectivity index (χ0) is 23.7. The molecule has 0 aromatic heterocycles. The van der Waals surface area contributed by atoms with Crippen LogP contribution in [0, 0.1) is 28.6 Å². The van der Waals surface area contributed by atoms with E-state index in [4.69, 9.17) is 8.85 Å². The van der Waals surface area contributed by atoms with Gasteiger partial charge in [0.25, 0.3) is 0 Å². The fourth-order valence-corrected chi connectivity index (χ4v) is 10.9. The molecule has 0 aromatic rings. The summed E-state index contributed by atoms with van der Waals surface area (Å²) in [5, 5.41) is 12.1. The second-order valence-electron chi connectivity index (χ2n) is 14.1. The van der Waals surface area contributed by atoms with Gasteiger partial charge in [-0.2, -0.15) is 0 Å². The van der Waals surface area contributed by atoms with E-state index in [2.05, 4.69) is 66.1 Å². The molecule has 0 bridgehead atoms. The van der Waals surface area contributed by atoms with E-state index in [0.717, 1.165) is 24.7 Å². The van der Waals surface area contributed by atoms with Crippen molar-refractivity contribution in [2.75, 3.05) is 0 Å². The topological polar surface area (TPSA) is 38.7 Å². The maximum absolute atomic E-state index is 12.1. The number of rotatable bonds is 5. The van der Waals surface area contributed by atoms with E-state index in [1.807, 2.05) is 0 Å². The Morgan fingerprint density at radius 2 is 1.56 bits per heavy atom. The van der Waals surface area contributed by atoms with Gasteiger partial charge in [-0.15, -0.1) is 0 Å². The molecule has 0 saturated heterocycles. The molecule has 8 atom stereocenters. The maximum Gasteiger partial charge on any atom is 0.184 e. The second kappa shape index (κ2) is 8.04. The molecule has 3 nitrogen and oxygen atoms in total. The monoisotopic (exact) mass is 478 g/mol. The van der Waals surface area contributed by atoms with Crippen LogP contribution in [0.3, 0.4) is 0 Å². The van der Waals surface area contributed by atoms with Gasteiger partial charge in [-0.05, 0) is 121 Å². The zero-order valence-electron chi connectivity index (χ0n) is 22.4. The molecule has 0 spiro atoms. The van der Waals surface area contributed by atoms with Crippen molar-refractivity contribution in [3.05, 3.63) is 11.6 Å². The molecule has 5 heteroatoms. The smallest absolute Gasteiger partial charge is 0.184 e. The molecule has 0 aliphatic heterocycles. The Labute approximate surface area is 200 Å². The lowest BCUT2D eigenvalue weighted by molar-refractivity contribution is -0.167. The summed E-state index contributed by atoms with van der Waals surface area (Å²) in [5.74, 6) is 2.15. The van der Waals surface area contributed by atoms with E-state index >= 15 is 0 Å². The highest BCUT2D eigenvalue weighted by molar-refractivity contribution is 6.70. The third-order valence-corrected chi connectivity index (χ3v) is 12.1. The third-order valence-electron chi connectivity index (χ3n) is 9.99. The van der Waals surface area contributed by atoms with Crippen molar-refractivity contribution in [2.45, 2.75) is 129 Å². The van der Waals surface area contributed by atoms with Gasteiger partial charge in [-0.25, -0.2) is 0 Å². The van der Waals surface area contributed by atoms with Crippen LogP contribution in [0.4, 0.5) is 0 Å². The molecule has 0 radical (unpaired) electrons. The molecule has 4 aliphatic carbocycles. The van der Waals surface area contributed by atoms with Gasteiger partial charge in [0.2, 0.25) is 0 Å². The normalized spacial score (nSPS) is 45.5. The van der Waals surface area contributed by atoms with Crippen LogP contribution in [-0.4, -0.2) is 39.6 Å². The lowest BCUT2D eigenvalue weighted by atomic mass is 9.46. The van der Waals surface area contributed by atoms with Gasteiger partial charge in [0, 0.05) is 5.41 Å². The number of fused-ring (bicyclic) bond motifs is 5. The Hall–Kier alpha value is 0.0538. The van der Waals surface area contributed by atoms with Crippen LogP contribution in [0.5, 0.6) is 0 Å². The van der Waals surface area contributed by atoms with Crippen LogP contribution in [0.2, 0.25) is 39.3 Å². The first-order valence-corrected chi connectivity index (χ1v) is 20.2. The minimum Gasteiger partial charge on any atom is -0.412 e. The molecule has 184 valence electrons. The molecule has 3 saturated carbocycles. The van der Waals surface area contributed by atoms with Crippen molar-refractivity contribution in [1.82, 2.24) is 0 Å². The molecule has 0 heterocycles. The van der Waals surface area contributed by atoms with Gasteiger partial charge in [-0.1, -0.05) is 25.5 Å². The van der Waals surface area contributed by atoms with Crippen molar-refractivity contribution < 1.29 is 14.0 Å². The Bertz CT molecular complexity index is 753. The van der Waals surface area contributed by atoms with E-state index < -0.39 is 22.2 Å². The van der Waals surface area contributed by atoms with Gasteiger partial charge in [0.05, 0.1) is 17.8 Å². The maximum atomic E-state index is 12.1. The van der Waals surface area contributed by atoms with Crippen LogP contribution in [0.1, 0.15) is 72.1 Å². The summed E-state index contributed by atoms with van der Waals surface area (Å²) in [6, 6.07) is 0. The third kappa shape index (κ3) is 4.16. The summed E-state index contributed by atoms with van der Waals surface area (Å²) in [4.78, 5) is 0. The number of aliphatic hydroxyl groups is 1. The summed E-state index contributed by atoms with van der Waals surface area (Å²) in [6.07, 6.45) is 12.3. The SMILES string of the molecule is C[C@H](O[Si](C)(C)C)[C@@]1(O)CC[C@H]2[C@@H]3CCC4=C[C@@H](O[Si](C)(C)C)CC[C@]4(C)[C@H]3CC[C@@]21C. The van der Waals surface area contributed by atoms with Crippen LogP contribution in [0.15, 0.2) is 11.6 Å².